The second-order valence-corrected chi connectivity index (χ2v) is 8.11. The summed E-state index contributed by atoms with van der Waals surface area (Å²) in [7, 11) is -3.10. The number of amides is 1. The highest BCUT2D eigenvalue weighted by Gasteiger charge is 2.23. The van der Waals surface area contributed by atoms with E-state index < -0.39 is 10.0 Å². The van der Waals surface area contributed by atoms with Crippen LogP contribution in [0.5, 0.6) is 0 Å². The summed E-state index contributed by atoms with van der Waals surface area (Å²) in [4.78, 5) is 14.2. The second kappa shape index (κ2) is 7.41. The standard InChI is InChI=1S/C14H25N5O3S/c1-11(2)12-10-13(17-16-12)14(20)15-4-5-18-6-8-19(9-7-18)23(3,21)22/h10-11H,4-9H2,1-3H3,(H,15,20)(H,16,17). The normalized spacial score (nSPS) is 17.6. The minimum Gasteiger partial charge on any atom is -0.349 e. The van der Waals surface area contributed by atoms with E-state index in [4.69, 9.17) is 0 Å². The van der Waals surface area contributed by atoms with E-state index >= 15 is 0 Å². The van der Waals surface area contributed by atoms with Crippen molar-refractivity contribution in [2.24, 2.45) is 0 Å². The molecule has 0 saturated carbocycles. The number of aromatic amines is 1. The maximum Gasteiger partial charge on any atom is 0.271 e. The average molecular weight is 343 g/mol. The minimum absolute atomic E-state index is 0.192. The molecule has 2 N–H and O–H groups in total. The Morgan fingerprint density at radius 3 is 2.52 bits per heavy atom. The van der Waals surface area contributed by atoms with Crippen molar-refractivity contribution in [1.82, 2.24) is 24.7 Å². The molecule has 0 aromatic carbocycles. The zero-order valence-corrected chi connectivity index (χ0v) is 14.7. The van der Waals surface area contributed by atoms with Crippen molar-refractivity contribution >= 4 is 15.9 Å². The molecule has 0 bridgehead atoms. The Kier molecular flexibility index (Phi) is 5.77. The lowest BCUT2D eigenvalue weighted by atomic mass is 10.1. The summed E-state index contributed by atoms with van der Waals surface area (Å²) in [5.41, 5.74) is 1.34. The average Bonchev–Trinajstić information content (AvgIpc) is 2.97. The molecule has 1 aromatic heterocycles. The maximum absolute atomic E-state index is 12.0. The smallest absolute Gasteiger partial charge is 0.271 e. The van der Waals surface area contributed by atoms with E-state index in [1.54, 1.807) is 6.07 Å². The van der Waals surface area contributed by atoms with Crippen LogP contribution >= 0.6 is 0 Å². The quantitative estimate of drug-likeness (QED) is 0.748. The van der Waals surface area contributed by atoms with E-state index in [1.807, 2.05) is 13.8 Å². The van der Waals surface area contributed by atoms with Crippen LogP contribution in [-0.2, 0) is 10.0 Å². The molecular weight excluding hydrogens is 318 g/mol. The summed E-state index contributed by atoms with van der Waals surface area (Å²) in [5, 5.41) is 9.72. The summed E-state index contributed by atoms with van der Waals surface area (Å²) in [6, 6.07) is 1.77. The number of nitrogens with one attached hydrogen (secondary N) is 2. The SMILES string of the molecule is CC(C)c1cc(C(=O)NCCN2CCN(S(C)(=O)=O)CC2)n[nH]1. The highest BCUT2D eigenvalue weighted by molar-refractivity contribution is 7.88. The Hall–Kier alpha value is -1.45. The van der Waals surface area contributed by atoms with Gasteiger partial charge in [0, 0.05) is 45.0 Å². The van der Waals surface area contributed by atoms with Crippen LogP contribution in [0.3, 0.4) is 0 Å². The first kappa shape index (κ1) is 17.9. The molecule has 0 unspecified atom stereocenters. The Bertz CT molecular complexity index is 633. The molecule has 1 aliphatic heterocycles. The number of H-pyrrole nitrogens is 1. The molecule has 0 spiro atoms. The molecule has 0 atom stereocenters. The molecule has 1 fully saturated rings. The van der Waals surface area contributed by atoms with Crippen molar-refractivity contribution in [2.45, 2.75) is 19.8 Å². The van der Waals surface area contributed by atoms with Crippen molar-refractivity contribution in [2.75, 3.05) is 45.5 Å². The number of aromatic nitrogens is 2. The number of hydrogen-bond donors (Lipinski definition) is 2. The van der Waals surface area contributed by atoms with Gasteiger partial charge in [0.2, 0.25) is 10.0 Å². The largest absolute Gasteiger partial charge is 0.349 e. The van der Waals surface area contributed by atoms with Crippen LogP contribution in [0.25, 0.3) is 0 Å². The molecule has 0 aliphatic carbocycles. The monoisotopic (exact) mass is 343 g/mol. The van der Waals surface area contributed by atoms with Crippen molar-refractivity contribution in [3.8, 4) is 0 Å². The zero-order chi connectivity index (χ0) is 17.0. The summed E-state index contributed by atoms with van der Waals surface area (Å²) in [5.74, 6) is 0.109. The number of nitrogens with zero attached hydrogens (tertiary/aromatic N) is 3. The molecule has 8 nitrogen and oxygen atoms in total. The summed E-state index contributed by atoms with van der Waals surface area (Å²) in [6.07, 6.45) is 1.23. The van der Waals surface area contributed by atoms with Crippen molar-refractivity contribution in [1.29, 1.82) is 0 Å². The van der Waals surface area contributed by atoms with E-state index in [0.717, 1.165) is 5.69 Å². The number of carbonyl (C=O) groups is 1. The van der Waals surface area contributed by atoms with Crippen molar-refractivity contribution in [3.05, 3.63) is 17.5 Å². The molecule has 1 aliphatic rings. The second-order valence-electron chi connectivity index (χ2n) is 6.12. The Labute approximate surface area is 137 Å². The van der Waals surface area contributed by atoms with Crippen LogP contribution in [0, 0.1) is 0 Å². The molecular formula is C14H25N5O3S. The molecule has 2 heterocycles. The Balaban J connectivity index is 1.72. The van der Waals surface area contributed by atoms with Crippen LogP contribution in [-0.4, -0.2) is 79.3 Å². The zero-order valence-electron chi connectivity index (χ0n) is 13.9. The number of sulfonamides is 1. The van der Waals surface area contributed by atoms with Gasteiger partial charge in [-0.05, 0) is 12.0 Å². The van der Waals surface area contributed by atoms with Gasteiger partial charge in [-0.1, -0.05) is 13.8 Å². The molecule has 9 heteroatoms. The third kappa shape index (κ3) is 5.02. The maximum atomic E-state index is 12.0. The summed E-state index contributed by atoms with van der Waals surface area (Å²) in [6.45, 7) is 7.66. The first-order valence-corrected chi connectivity index (χ1v) is 9.63. The fourth-order valence-electron chi connectivity index (χ4n) is 2.45. The van der Waals surface area contributed by atoms with Crippen LogP contribution in [0.4, 0.5) is 0 Å². The molecule has 130 valence electrons. The molecule has 2 rings (SSSR count). The topological polar surface area (TPSA) is 98.4 Å². The Morgan fingerprint density at radius 2 is 2.00 bits per heavy atom. The predicted molar refractivity (Wildman–Crippen MR) is 87.9 cm³/mol. The molecule has 1 aromatic rings. The molecule has 23 heavy (non-hydrogen) atoms. The highest BCUT2D eigenvalue weighted by atomic mass is 32.2. The van der Waals surface area contributed by atoms with Crippen LogP contribution in [0.15, 0.2) is 6.07 Å². The Morgan fingerprint density at radius 1 is 1.35 bits per heavy atom. The van der Waals surface area contributed by atoms with Gasteiger partial charge in [-0.2, -0.15) is 9.40 Å². The van der Waals surface area contributed by atoms with Gasteiger partial charge in [0.25, 0.3) is 5.91 Å². The van der Waals surface area contributed by atoms with E-state index in [2.05, 4.69) is 20.4 Å². The van der Waals surface area contributed by atoms with E-state index in [0.29, 0.717) is 50.9 Å². The van der Waals surface area contributed by atoms with Gasteiger partial charge in [0.05, 0.1) is 6.26 Å². The highest BCUT2D eigenvalue weighted by Crippen LogP contribution is 2.11. The lowest BCUT2D eigenvalue weighted by molar-refractivity contribution is 0.0940. The van der Waals surface area contributed by atoms with Crippen LogP contribution < -0.4 is 5.32 Å². The van der Waals surface area contributed by atoms with Crippen LogP contribution in [0.1, 0.15) is 35.9 Å². The lowest BCUT2D eigenvalue weighted by Crippen LogP contribution is -2.49. The van der Waals surface area contributed by atoms with Crippen molar-refractivity contribution in [3.63, 3.8) is 0 Å². The third-order valence-electron chi connectivity index (χ3n) is 3.97. The molecule has 1 amide bonds. The predicted octanol–water partition coefficient (Wildman–Crippen LogP) is -0.160. The summed E-state index contributed by atoms with van der Waals surface area (Å²) < 4.78 is 24.4. The fourth-order valence-corrected chi connectivity index (χ4v) is 3.28. The van der Waals surface area contributed by atoms with E-state index in [9.17, 15) is 13.2 Å². The van der Waals surface area contributed by atoms with E-state index in [1.165, 1.54) is 10.6 Å². The van der Waals surface area contributed by atoms with Gasteiger partial charge in [-0.15, -0.1) is 0 Å². The van der Waals surface area contributed by atoms with Gasteiger partial charge in [0.15, 0.2) is 0 Å². The minimum atomic E-state index is -3.10. The fraction of sp³-hybridized carbons (Fsp3) is 0.714. The number of hydrogen-bond acceptors (Lipinski definition) is 5. The van der Waals surface area contributed by atoms with Crippen molar-refractivity contribution < 1.29 is 13.2 Å². The van der Waals surface area contributed by atoms with Gasteiger partial charge < -0.3 is 5.32 Å². The summed E-state index contributed by atoms with van der Waals surface area (Å²) >= 11 is 0. The van der Waals surface area contributed by atoms with Gasteiger partial charge >= 0.3 is 0 Å². The molecule has 0 radical (unpaired) electrons. The molecule has 1 saturated heterocycles. The van der Waals surface area contributed by atoms with Gasteiger partial charge in [-0.25, -0.2) is 8.42 Å². The van der Waals surface area contributed by atoms with Gasteiger partial charge in [-0.3, -0.25) is 14.8 Å². The first-order chi connectivity index (χ1) is 10.8. The number of carbonyl (C=O) groups excluding carboxylic acids is 1. The number of piperazine rings is 1. The number of rotatable bonds is 6. The van der Waals surface area contributed by atoms with E-state index in [-0.39, 0.29) is 5.91 Å². The van der Waals surface area contributed by atoms with Gasteiger partial charge in [0.1, 0.15) is 5.69 Å². The lowest BCUT2D eigenvalue weighted by Gasteiger charge is -2.33. The first-order valence-electron chi connectivity index (χ1n) is 7.78. The van der Waals surface area contributed by atoms with Crippen LogP contribution in [0.2, 0.25) is 0 Å². The third-order valence-corrected chi connectivity index (χ3v) is 5.27.